The van der Waals surface area contributed by atoms with Gasteiger partial charge in [0.15, 0.2) is 0 Å². The molecule has 0 saturated carbocycles. The lowest BCUT2D eigenvalue weighted by Gasteiger charge is -2.41. The van der Waals surface area contributed by atoms with Crippen LogP contribution in [0, 0.1) is 11.2 Å². The number of nitrogens with zero attached hydrogens (tertiary/aromatic N) is 2. The summed E-state index contributed by atoms with van der Waals surface area (Å²) >= 11 is 6.40. The number of halogens is 2. The highest BCUT2D eigenvalue weighted by molar-refractivity contribution is 6.18. The third-order valence-electron chi connectivity index (χ3n) is 6.04. The van der Waals surface area contributed by atoms with Crippen molar-refractivity contribution in [1.82, 2.24) is 10.2 Å². The lowest BCUT2D eigenvalue weighted by Crippen LogP contribution is -2.41. The third-order valence-corrected chi connectivity index (χ3v) is 6.50. The van der Waals surface area contributed by atoms with Gasteiger partial charge in [-0.05, 0) is 41.5 Å². The summed E-state index contributed by atoms with van der Waals surface area (Å²) in [4.78, 5) is 0. The fourth-order valence-corrected chi connectivity index (χ4v) is 4.63. The minimum Gasteiger partial charge on any atom is -0.206 e. The molecule has 0 bridgehead atoms. The molecule has 0 radical (unpaired) electrons. The van der Waals surface area contributed by atoms with E-state index < -0.39 is 0 Å². The van der Waals surface area contributed by atoms with Crippen molar-refractivity contribution in [2.45, 2.75) is 45.4 Å². The van der Waals surface area contributed by atoms with Crippen LogP contribution in [0.2, 0.25) is 0 Å². The Bertz CT molecular complexity index is 738. The summed E-state index contributed by atoms with van der Waals surface area (Å²) in [6, 6.07) is 8.69. The van der Waals surface area contributed by atoms with Crippen molar-refractivity contribution in [3.63, 3.8) is 0 Å². The standard InChI is InChI=1S/C19H22ClFN2/c1-5-19(11-20)17-14(12(2)18(19,3)4)10-16(22-23-17)13-8-6-7-9-15(13)21/h6-10,12H,5,11H2,1-4H3/t12-,19?/m1/s1. The molecule has 0 spiro atoms. The van der Waals surface area contributed by atoms with Crippen molar-refractivity contribution in [3.8, 4) is 11.3 Å². The lowest BCUT2D eigenvalue weighted by molar-refractivity contribution is 0.166. The minimum atomic E-state index is -0.272. The van der Waals surface area contributed by atoms with Crippen LogP contribution in [0.15, 0.2) is 30.3 Å². The first kappa shape index (κ1) is 16.4. The number of rotatable bonds is 3. The summed E-state index contributed by atoms with van der Waals surface area (Å²) < 4.78 is 14.1. The van der Waals surface area contributed by atoms with Crippen molar-refractivity contribution < 1.29 is 4.39 Å². The lowest BCUT2D eigenvalue weighted by atomic mass is 9.63. The van der Waals surface area contributed by atoms with Crippen molar-refractivity contribution in [2.75, 3.05) is 5.88 Å². The molecule has 1 aromatic carbocycles. The van der Waals surface area contributed by atoms with Crippen LogP contribution in [0.1, 0.15) is 51.3 Å². The Morgan fingerprint density at radius 3 is 2.52 bits per heavy atom. The van der Waals surface area contributed by atoms with E-state index in [4.69, 9.17) is 11.6 Å². The van der Waals surface area contributed by atoms with Crippen LogP contribution in [0.5, 0.6) is 0 Å². The van der Waals surface area contributed by atoms with E-state index in [0.717, 1.165) is 17.7 Å². The van der Waals surface area contributed by atoms with Crippen LogP contribution in [0.25, 0.3) is 11.3 Å². The largest absolute Gasteiger partial charge is 0.206 e. The second kappa shape index (κ2) is 5.55. The van der Waals surface area contributed by atoms with Gasteiger partial charge in [-0.15, -0.1) is 11.6 Å². The summed E-state index contributed by atoms with van der Waals surface area (Å²) in [5, 5.41) is 8.84. The molecule has 2 aromatic rings. The van der Waals surface area contributed by atoms with Gasteiger partial charge >= 0.3 is 0 Å². The monoisotopic (exact) mass is 332 g/mol. The van der Waals surface area contributed by atoms with Gasteiger partial charge in [0.05, 0.1) is 11.4 Å². The molecule has 1 aliphatic rings. The second-order valence-electron chi connectivity index (χ2n) is 7.03. The maximum Gasteiger partial charge on any atom is 0.132 e. The molecule has 0 N–H and O–H groups in total. The normalized spacial score (nSPS) is 25.4. The fraction of sp³-hybridized carbons (Fsp3) is 0.474. The highest BCUT2D eigenvalue weighted by Gasteiger charge is 2.56. The third kappa shape index (κ3) is 2.13. The minimum absolute atomic E-state index is 0.0195. The number of benzene rings is 1. The zero-order valence-electron chi connectivity index (χ0n) is 14.0. The van der Waals surface area contributed by atoms with Gasteiger partial charge in [-0.2, -0.15) is 10.2 Å². The highest BCUT2D eigenvalue weighted by atomic mass is 35.5. The van der Waals surface area contributed by atoms with E-state index in [1.54, 1.807) is 12.1 Å². The van der Waals surface area contributed by atoms with Gasteiger partial charge in [0.25, 0.3) is 0 Å². The van der Waals surface area contributed by atoms with E-state index in [9.17, 15) is 4.39 Å². The molecule has 1 aliphatic carbocycles. The molecule has 0 fully saturated rings. The molecule has 1 unspecified atom stereocenters. The summed E-state index contributed by atoms with van der Waals surface area (Å²) in [7, 11) is 0. The molecular weight excluding hydrogens is 311 g/mol. The van der Waals surface area contributed by atoms with Crippen LogP contribution in [0.4, 0.5) is 4.39 Å². The zero-order valence-corrected chi connectivity index (χ0v) is 14.8. The van der Waals surface area contributed by atoms with Crippen LogP contribution in [0.3, 0.4) is 0 Å². The van der Waals surface area contributed by atoms with Gasteiger partial charge in [-0.3, -0.25) is 0 Å². The van der Waals surface area contributed by atoms with Gasteiger partial charge < -0.3 is 0 Å². The van der Waals surface area contributed by atoms with E-state index >= 15 is 0 Å². The molecule has 1 heterocycles. The summed E-state index contributed by atoms with van der Waals surface area (Å²) in [5.41, 5.74) is 3.00. The Labute approximate surface area is 142 Å². The molecule has 122 valence electrons. The van der Waals surface area contributed by atoms with Gasteiger partial charge in [-0.1, -0.05) is 39.8 Å². The van der Waals surface area contributed by atoms with Crippen LogP contribution >= 0.6 is 11.6 Å². The van der Waals surface area contributed by atoms with Crippen LogP contribution in [-0.4, -0.2) is 16.1 Å². The number of aromatic nitrogens is 2. The van der Waals surface area contributed by atoms with E-state index in [2.05, 4.69) is 37.9 Å². The fourth-order valence-electron chi connectivity index (χ4n) is 3.97. The molecule has 0 aliphatic heterocycles. The van der Waals surface area contributed by atoms with Crippen molar-refractivity contribution in [2.24, 2.45) is 5.41 Å². The molecule has 1 aromatic heterocycles. The first-order valence-corrected chi connectivity index (χ1v) is 8.61. The highest BCUT2D eigenvalue weighted by Crippen LogP contribution is 2.60. The smallest absolute Gasteiger partial charge is 0.132 e. The molecular formula is C19H22ClFN2. The molecule has 0 amide bonds. The predicted octanol–water partition coefficient (Wildman–Crippen LogP) is 5.31. The summed E-state index contributed by atoms with van der Waals surface area (Å²) in [6.45, 7) is 8.84. The Morgan fingerprint density at radius 1 is 1.22 bits per heavy atom. The predicted molar refractivity (Wildman–Crippen MR) is 92.3 cm³/mol. The number of hydrogen-bond donors (Lipinski definition) is 0. The van der Waals surface area contributed by atoms with E-state index in [0.29, 0.717) is 17.1 Å². The SMILES string of the molecule is CCC1(CCl)c2nnc(-c3ccccc3F)cc2[C@@H](C)C1(C)C. The molecule has 0 saturated heterocycles. The van der Waals surface area contributed by atoms with Gasteiger partial charge in [0.2, 0.25) is 0 Å². The Morgan fingerprint density at radius 2 is 1.91 bits per heavy atom. The topological polar surface area (TPSA) is 25.8 Å². The van der Waals surface area contributed by atoms with Crippen LogP contribution in [-0.2, 0) is 5.41 Å². The summed E-state index contributed by atoms with van der Waals surface area (Å²) in [6.07, 6.45) is 0.911. The van der Waals surface area contributed by atoms with Crippen molar-refractivity contribution in [1.29, 1.82) is 0 Å². The Balaban J connectivity index is 2.20. The number of hydrogen-bond acceptors (Lipinski definition) is 2. The average Bonchev–Trinajstić information content (AvgIpc) is 2.72. The first-order chi connectivity index (χ1) is 10.9. The van der Waals surface area contributed by atoms with Gasteiger partial charge in [-0.25, -0.2) is 4.39 Å². The average molecular weight is 333 g/mol. The Kier molecular flexibility index (Phi) is 3.96. The molecule has 2 atom stereocenters. The van der Waals surface area contributed by atoms with E-state index in [-0.39, 0.29) is 22.6 Å². The summed E-state index contributed by atoms with van der Waals surface area (Å²) in [5.74, 6) is 0.532. The second-order valence-corrected chi connectivity index (χ2v) is 7.29. The molecule has 23 heavy (non-hydrogen) atoms. The number of alkyl halides is 1. The Hall–Kier alpha value is -1.48. The molecule has 4 heteroatoms. The van der Waals surface area contributed by atoms with E-state index in [1.807, 2.05) is 12.1 Å². The maximum absolute atomic E-state index is 14.1. The van der Waals surface area contributed by atoms with Crippen molar-refractivity contribution >= 4 is 11.6 Å². The zero-order chi connectivity index (χ0) is 16.8. The van der Waals surface area contributed by atoms with Crippen LogP contribution < -0.4 is 0 Å². The van der Waals surface area contributed by atoms with Crippen molar-refractivity contribution in [3.05, 3.63) is 47.4 Å². The quantitative estimate of drug-likeness (QED) is 0.711. The van der Waals surface area contributed by atoms with E-state index in [1.165, 1.54) is 6.07 Å². The van der Waals surface area contributed by atoms with Gasteiger partial charge in [0.1, 0.15) is 5.82 Å². The first-order valence-electron chi connectivity index (χ1n) is 8.08. The van der Waals surface area contributed by atoms with Gasteiger partial charge in [0, 0.05) is 16.9 Å². The molecule has 2 nitrogen and oxygen atoms in total. The maximum atomic E-state index is 14.1. The molecule has 3 rings (SSSR count). The number of fused-ring (bicyclic) bond motifs is 1.